The summed E-state index contributed by atoms with van der Waals surface area (Å²) in [7, 11) is 0. The summed E-state index contributed by atoms with van der Waals surface area (Å²) in [6.07, 6.45) is 1.82. The van der Waals surface area contributed by atoms with Crippen molar-refractivity contribution < 1.29 is 9.18 Å². The Balaban J connectivity index is 1.78. The van der Waals surface area contributed by atoms with Gasteiger partial charge >= 0.3 is 6.03 Å². The van der Waals surface area contributed by atoms with Gasteiger partial charge in [0.15, 0.2) is 0 Å². The first-order valence-corrected chi connectivity index (χ1v) is 8.01. The number of likely N-dealkylation sites (tertiary alicyclic amines) is 1. The molecule has 0 unspecified atom stereocenters. The minimum absolute atomic E-state index is 0.0184. The Morgan fingerprint density at radius 3 is 2.74 bits per heavy atom. The molecule has 2 aromatic rings. The van der Waals surface area contributed by atoms with Crippen LogP contribution in [0, 0.1) is 12.7 Å². The maximum absolute atomic E-state index is 13.1. The van der Waals surface area contributed by atoms with Crippen molar-refractivity contribution in [1.82, 2.24) is 4.90 Å². The van der Waals surface area contributed by atoms with Crippen LogP contribution in [0.2, 0.25) is 5.02 Å². The molecule has 120 valence electrons. The zero-order valence-electron chi connectivity index (χ0n) is 12.9. The number of amides is 2. The number of benzene rings is 2. The third-order valence-corrected chi connectivity index (χ3v) is 4.44. The predicted molar refractivity (Wildman–Crippen MR) is 90.3 cm³/mol. The van der Waals surface area contributed by atoms with Gasteiger partial charge in [-0.05, 0) is 55.2 Å². The van der Waals surface area contributed by atoms with E-state index in [0.29, 0.717) is 17.3 Å². The van der Waals surface area contributed by atoms with E-state index < -0.39 is 0 Å². The number of anilines is 1. The zero-order valence-corrected chi connectivity index (χ0v) is 13.6. The standard InChI is InChI=1S/C18H18ClFN2O/c1-12-4-7-14(19)11-16(12)21-18(23)22-10-2-3-17(22)13-5-8-15(20)9-6-13/h4-9,11,17H,2-3,10H2,1H3,(H,21,23)/t17-/m1/s1. The van der Waals surface area contributed by atoms with Gasteiger partial charge in [0, 0.05) is 17.3 Å². The molecule has 23 heavy (non-hydrogen) atoms. The molecule has 3 rings (SSSR count). The second-order valence-corrected chi connectivity index (χ2v) is 6.23. The molecule has 1 saturated heterocycles. The van der Waals surface area contributed by atoms with Crippen molar-refractivity contribution in [3.8, 4) is 0 Å². The summed E-state index contributed by atoms with van der Waals surface area (Å²) in [6.45, 7) is 2.61. The lowest BCUT2D eigenvalue weighted by atomic mass is 10.0. The molecule has 0 radical (unpaired) electrons. The van der Waals surface area contributed by atoms with Crippen molar-refractivity contribution in [2.75, 3.05) is 11.9 Å². The van der Waals surface area contributed by atoms with Crippen LogP contribution in [0.1, 0.15) is 30.0 Å². The molecule has 1 aliphatic heterocycles. The maximum atomic E-state index is 13.1. The molecule has 2 aromatic carbocycles. The van der Waals surface area contributed by atoms with Crippen LogP contribution in [-0.4, -0.2) is 17.5 Å². The highest BCUT2D eigenvalue weighted by atomic mass is 35.5. The Kier molecular flexibility index (Phi) is 4.53. The van der Waals surface area contributed by atoms with Crippen LogP contribution in [0.4, 0.5) is 14.9 Å². The van der Waals surface area contributed by atoms with Gasteiger partial charge in [-0.15, -0.1) is 0 Å². The fourth-order valence-electron chi connectivity index (χ4n) is 2.96. The summed E-state index contributed by atoms with van der Waals surface area (Å²) in [6, 6.07) is 11.6. The molecule has 1 aliphatic rings. The van der Waals surface area contributed by atoms with E-state index in [-0.39, 0.29) is 17.9 Å². The summed E-state index contributed by atoms with van der Waals surface area (Å²) >= 11 is 6.00. The van der Waals surface area contributed by atoms with E-state index >= 15 is 0 Å². The number of rotatable bonds is 2. The number of carbonyl (C=O) groups is 1. The van der Waals surface area contributed by atoms with Crippen molar-refractivity contribution >= 4 is 23.3 Å². The van der Waals surface area contributed by atoms with Crippen molar-refractivity contribution in [3.63, 3.8) is 0 Å². The van der Waals surface area contributed by atoms with Crippen LogP contribution < -0.4 is 5.32 Å². The first-order valence-electron chi connectivity index (χ1n) is 7.64. The molecular formula is C18H18ClFN2O. The van der Waals surface area contributed by atoms with Crippen LogP contribution in [0.5, 0.6) is 0 Å². The van der Waals surface area contributed by atoms with Crippen LogP contribution in [0.25, 0.3) is 0 Å². The number of nitrogens with one attached hydrogen (secondary N) is 1. The normalized spacial score (nSPS) is 17.3. The highest BCUT2D eigenvalue weighted by molar-refractivity contribution is 6.31. The summed E-state index contributed by atoms with van der Waals surface area (Å²) in [5, 5.41) is 3.52. The lowest BCUT2D eigenvalue weighted by Gasteiger charge is -2.25. The fourth-order valence-corrected chi connectivity index (χ4v) is 3.13. The van der Waals surface area contributed by atoms with Gasteiger partial charge in [0.25, 0.3) is 0 Å². The third kappa shape index (κ3) is 3.48. The SMILES string of the molecule is Cc1ccc(Cl)cc1NC(=O)N1CCC[C@@H]1c1ccc(F)cc1. The molecule has 1 fully saturated rings. The molecule has 0 aliphatic carbocycles. The highest BCUT2D eigenvalue weighted by Crippen LogP contribution is 2.33. The van der Waals surface area contributed by atoms with E-state index in [1.165, 1.54) is 12.1 Å². The molecule has 5 heteroatoms. The van der Waals surface area contributed by atoms with Gasteiger partial charge < -0.3 is 10.2 Å². The number of hydrogen-bond acceptors (Lipinski definition) is 1. The van der Waals surface area contributed by atoms with E-state index in [1.54, 1.807) is 29.2 Å². The molecule has 1 atom stereocenters. The van der Waals surface area contributed by atoms with Crippen molar-refractivity contribution in [2.45, 2.75) is 25.8 Å². The Morgan fingerprint density at radius 2 is 2.00 bits per heavy atom. The van der Waals surface area contributed by atoms with Crippen LogP contribution in [0.3, 0.4) is 0 Å². The molecule has 0 saturated carbocycles. The molecule has 2 amide bonds. The molecule has 0 bridgehead atoms. The number of nitrogens with zero attached hydrogens (tertiary/aromatic N) is 1. The van der Waals surface area contributed by atoms with Crippen LogP contribution in [0.15, 0.2) is 42.5 Å². The predicted octanol–water partition coefficient (Wildman–Crippen LogP) is 5.16. The number of urea groups is 1. The van der Waals surface area contributed by atoms with Gasteiger partial charge in [-0.3, -0.25) is 0 Å². The van der Waals surface area contributed by atoms with Gasteiger partial charge in [-0.2, -0.15) is 0 Å². The summed E-state index contributed by atoms with van der Waals surface area (Å²) in [5.74, 6) is -0.266. The summed E-state index contributed by atoms with van der Waals surface area (Å²) in [5.41, 5.74) is 2.63. The first-order chi connectivity index (χ1) is 11.0. The van der Waals surface area contributed by atoms with Crippen molar-refractivity contribution in [2.24, 2.45) is 0 Å². The number of halogens is 2. The summed E-state index contributed by atoms with van der Waals surface area (Å²) < 4.78 is 13.1. The lowest BCUT2D eigenvalue weighted by Crippen LogP contribution is -2.34. The van der Waals surface area contributed by atoms with Gasteiger partial charge in [0.1, 0.15) is 5.82 Å². The minimum atomic E-state index is -0.266. The first kappa shape index (κ1) is 15.8. The summed E-state index contributed by atoms with van der Waals surface area (Å²) in [4.78, 5) is 14.4. The van der Waals surface area contributed by atoms with E-state index in [4.69, 9.17) is 11.6 Å². The largest absolute Gasteiger partial charge is 0.322 e. The zero-order chi connectivity index (χ0) is 16.4. The average Bonchev–Trinajstić information content (AvgIpc) is 3.01. The molecular weight excluding hydrogens is 315 g/mol. The van der Waals surface area contributed by atoms with Crippen LogP contribution in [-0.2, 0) is 0 Å². The molecule has 3 nitrogen and oxygen atoms in total. The third-order valence-electron chi connectivity index (χ3n) is 4.21. The fraction of sp³-hybridized carbons (Fsp3) is 0.278. The molecule has 1 heterocycles. The van der Waals surface area contributed by atoms with E-state index in [0.717, 1.165) is 24.0 Å². The van der Waals surface area contributed by atoms with E-state index in [2.05, 4.69) is 5.32 Å². The van der Waals surface area contributed by atoms with E-state index in [1.807, 2.05) is 13.0 Å². The lowest BCUT2D eigenvalue weighted by molar-refractivity contribution is 0.207. The second-order valence-electron chi connectivity index (χ2n) is 5.79. The quantitative estimate of drug-likeness (QED) is 0.809. The van der Waals surface area contributed by atoms with Gasteiger partial charge in [0.2, 0.25) is 0 Å². The Labute approximate surface area is 140 Å². The van der Waals surface area contributed by atoms with Gasteiger partial charge in [-0.25, -0.2) is 9.18 Å². The number of hydrogen-bond donors (Lipinski definition) is 1. The number of carbonyl (C=O) groups excluding carboxylic acids is 1. The Hall–Kier alpha value is -2.07. The smallest absolute Gasteiger partial charge is 0.317 e. The Morgan fingerprint density at radius 1 is 1.26 bits per heavy atom. The topological polar surface area (TPSA) is 32.3 Å². The molecule has 1 N–H and O–H groups in total. The van der Waals surface area contributed by atoms with Crippen molar-refractivity contribution in [3.05, 3.63) is 64.4 Å². The average molecular weight is 333 g/mol. The molecule has 0 spiro atoms. The van der Waals surface area contributed by atoms with E-state index in [9.17, 15) is 9.18 Å². The van der Waals surface area contributed by atoms with Gasteiger partial charge in [-0.1, -0.05) is 29.8 Å². The van der Waals surface area contributed by atoms with Crippen molar-refractivity contribution in [1.29, 1.82) is 0 Å². The minimum Gasteiger partial charge on any atom is -0.317 e. The Bertz CT molecular complexity index is 717. The second kappa shape index (κ2) is 6.59. The number of aryl methyl sites for hydroxylation is 1. The monoisotopic (exact) mass is 332 g/mol. The van der Waals surface area contributed by atoms with Crippen LogP contribution >= 0.6 is 11.6 Å². The molecule has 0 aromatic heterocycles. The maximum Gasteiger partial charge on any atom is 0.322 e. The highest BCUT2D eigenvalue weighted by Gasteiger charge is 2.30. The van der Waals surface area contributed by atoms with Gasteiger partial charge in [0.05, 0.1) is 6.04 Å².